The summed E-state index contributed by atoms with van der Waals surface area (Å²) in [5, 5.41) is 3.75. The molecule has 324 valence electrons. The number of rotatable bonds is 4. The maximum atomic E-state index is 7.30. The highest BCUT2D eigenvalue weighted by Gasteiger charge is 2.47. The molecule has 66 heavy (non-hydrogen) atoms. The molecule has 7 aromatic carbocycles. The van der Waals surface area contributed by atoms with Crippen LogP contribution in [-0.2, 0) is 10.8 Å². The van der Waals surface area contributed by atoms with Gasteiger partial charge in [-0.25, -0.2) is 0 Å². The standard InChI is InChI=1S/C60H53BN2OS2/c1-34-26-41(53-32-39-17-12-14-21-51(39)66-53)27-35(2)57(34)63-47-19-15-18-46-55(47)61(54-44-33-42(59(5,6)7)23-25-49(44)64-58(54)63)45-24-22-40(52-31-38-16-11-13-20-50(38)65-52)30-48(45)62(46)56-36(3)28-43(29-37(56)4)60(8,9)10/h11-33H,1-10H3. The molecule has 0 saturated heterocycles. The number of anilines is 6. The maximum Gasteiger partial charge on any atom is 0.257 e. The SMILES string of the molecule is Cc1cc(C(C)(C)C)cc(C)c1N1c2cc(-c3cc4ccccc4s3)ccc2B2c3c1cccc3N(c1c(C)cc(-c3cc4ccccc4s3)cc1C)c1oc3ccc(C(C)(C)C)cc3c12. The Labute approximate surface area is 397 Å². The molecule has 0 unspecified atom stereocenters. The molecule has 3 nitrogen and oxygen atoms in total. The molecule has 0 N–H and O–H groups in total. The van der Waals surface area contributed by atoms with Crippen LogP contribution in [0.5, 0.6) is 0 Å². The van der Waals surface area contributed by atoms with E-state index in [0.717, 1.165) is 17.2 Å². The van der Waals surface area contributed by atoms with E-state index < -0.39 is 0 Å². The van der Waals surface area contributed by atoms with Crippen molar-refractivity contribution in [3.63, 3.8) is 0 Å². The molecule has 3 aromatic heterocycles. The second-order valence-electron chi connectivity index (χ2n) is 20.8. The Morgan fingerprint density at radius 1 is 0.470 bits per heavy atom. The van der Waals surface area contributed by atoms with E-state index in [1.165, 1.54) is 119 Å². The Hall–Kier alpha value is -6.34. The summed E-state index contributed by atoms with van der Waals surface area (Å²) in [5.74, 6) is 0.904. The third-order valence-corrected chi connectivity index (χ3v) is 16.5. The first-order valence-electron chi connectivity index (χ1n) is 23.3. The molecule has 0 saturated carbocycles. The second kappa shape index (κ2) is 14.6. The summed E-state index contributed by atoms with van der Waals surface area (Å²) < 4.78 is 9.91. The van der Waals surface area contributed by atoms with Gasteiger partial charge in [0.15, 0.2) is 0 Å². The van der Waals surface area contributed by atoms with Crippen LogP contribution in [0.4, 0.5) is 34.3 Å². The van der Waals surface area contributed by atoms with E-state index in [-0.39, 0.29) is 17.5 Å². The number of benzene rings is 7. The van der Waals surface area contributed by atoms with E-state index in [4.69, 9.17) is 4.42 Å². The smallest absolute Gasteiger partial charge is 0.257 e. The number of aryl methyl sites for hydroxylation is 4. The van der Waals surface area contributed by atoms with Crippen molar-refractivity contribution in [1.82, 2.24) is 0 Å². The highest BCUT2D eigenvalue weighted by Crippen LogP contribution is 2.50. The zero-order valence-electron chi connectivity index (χ0n) is 39.5. The van der Waals surface area contributed by atoms with Crippen LogP contribution in [0, 0.1) is 27.7 Å². The quantitative estimate of drug-likeness (QED) is 0.164. The lowest BCUT2D eigenvalue weighted by atomic mass is 9.33. The summed E-state index contributed by atoms with van der Waals surface area (Å²) in [6.07, 6.45) is 0. The van der Waals surface area contributed by atoms with Crippen LogP contribution in [0.3, 0.4) is 0 Å². The second-order valence-corrected chi connectivity index (χ2v) is 23.0. The molecule has 0 amide bonds. The first-order chi connectivity index (χ1) is 31.6. The van der Waals surface area contributed by atoms with Gasteiger partial charge in [-0.3, -0.25) is 4.90 Å². The summed E-state index contributed by atoms with van der Waals surface area (Å²) in [4.78, 5) is 7.64. The van der Waals surface area contributed by atoms with Crippen molar-refractivity contribution in [3.05, 3.63) is 173 Å². The molecule has 5 heterocycles. The van der Waals surface area contributed by atoms with Gasteiger partial charge in [-0.05, 0) is 171 Å². The van der Waals surface area contributed by atoms with Gasteiger partial charge in [-0.1, -0.05) is 114 Å². The van der Waals surface area contributed by atoms with Crippen LogP contribution in [0.15, 0.2) is 144 Å². The molecular formula is C60H53BN2OS2. The molecule has 10 aromatic rings. The summed E-state index contributed by atoms with van der Waals surface area (Å²) in [6, 6.07) is 52.9. The van der Waals surface area contributed by atoms with Crippen LogP contribution >= 0.6 is 22.7 Å². The molecule has 0 aliphatic carbocycles. The lowest BCUT2D eigenvalue weighted by Crippen LogP contribution is -2.61. The Bertz CT molecular complexity index is 3530. The number of fused-ring (bicyclic) bond motifs is 8. The Morgan fingerprint density at radius 2 is 1.03 bits per heavy atom. The first kappa shape index (κ1) is 41.1. The predicted octanol–water partition coefficient (Wildman–Crippen LogP) is 16.1. The molecule has 2 aliphatic rings. The van der Waals surface area contributed by atoms with Crippen molar-refractivity contribution in [2.75, 3.05) is 9.80 Å². The Kier molecular flexibility index (Phi) is 9.08. The van der Waals surface area contributed by atoms with Gasteiger partial charge in [-0.2, -0.15) is 0 Å². The van der Waals surface area contributed by atoms with Crippen molar-refractivity contribution in [3.8, 4) is 20.9 Å². The van der Waals surface area contributed by atoms with Crippen molar-refractivity contribution in [2.45, 2.75) is 80.1 Å². The van der Waals surface area contributed by atoms with Gasteiger partial charge >= 0.3 is 0 Å². The zero-order chi connectivity index (χ0) is 45.6. The highest BCUT2D eigenvalue weighted by molar-refractivity contribution is 7.22. The Morgan fingerprint density at radius 3 is 1.64 bits per heavy atom. The average Bonchev–Trinajstić information content (AvgIpc) is 4.02. The van der Waals surface area contributed by atoms with Crippen molar-refractivity contribution in [2.24, 2.45) is 0 Å². The normalized spacial score (nSPS) is 13.5. The Balaban J connectivity index is 1.15. The van der Waals surface area contributed by atoms with Gasteiger partial charge in [0.05, 0.1) is 11.4 Å². The minimum Gasteiger partial charge on any atom is -0.440 e. The summed E-state index contributed by atoms with van der Waals surface area (Å²) in [7, 11) is 0. The van der Waals surface area contributed by atoms with E-state index in [9.17, 15) is 0 Å². The van der Waals surface area contributed by atoms with Gasteiger partial charge in [-0.15, -0.1) is 22.7 Å². The van der Waals surface area contributed by atoms with Crippen LogP contribution in [0.25, 0.3) is 52.0 Å². The van der Waals surface area contributed by atoms with Crippen LogP contribution < -0.4 is 26.2 Å². The monoisotopic (exact) mass is 892 g/mol. The van der Waals surface area contributed by atoms with E-state index >= 15 is 0 Å². The summed E-state index contributed by atoms with van der Waals surface area (Å²) in [5.41, 5.74) is 20.8. The first-order valence-corrected chi connectivity index (χ1v) is 24.9. The predicted molar refractivity (Wildman–Crippen MR) is 288 cm³/mol. The number of hydrogen-bond donors (Lipinski definition) is 0. The molecule has 2 aliphatic heterocycles. The van der Waals surface area contributed by atoms with Gasteiger partial charge in [0.1, 0.15) is 5.58 Å². The van der Waals surface area contributed by atoms with Gasteiger partial charge < -0.3 is 9.32 Å². The molecule has 0 fully saturated rings. The van der Waals surface area contributed by atoms with Crippen molar-refractivity contribution < 1.29 is 4.42 Å². The van der Waals surface area contributed by atoms with E-state index in [0.29, 0.717) is 0 Å². The lowest BCUT2D eigenvalue weighted by Gasteiger charge is -2.44. The van der Waals surface area contributed by atoms with Gasteiger partial charge in [0.2, 0.25) is 5.88 Å². The fraction of sp³-hybridized carbons (Fsp3) is 0.200. The maximum absolute atomic E-state index is 7.30. The van der Waals surface area contributed by atoms with Crippen LogP contribution in [0.1, 0.15) is 74.9 Å². The number of furan rings is 1. The van der Waals surface area contributed by atoms with Crippen LogP contribution in [-0.4, -0.2) is 6.71 Å². The third-order valence-electron chi connectivity index (χ3n) is 14.2. The highest BCUT2D eigenvalue weighted by atomic mass is 32.1. The number of nitrogens with zero attached hydrogens (tertiary/aromatic N) is 2. The fourth-order valence-electron chi connectivity index (χ4n) is 11.0. The summed E-state index contributed by atoms with van der Waals surface area (Å²) >= 11 is 3.74. The summed E-state index contributed by atoms with van der Waals surface area (Å²) in [6.45, 7) is 23.0. The van der Waals surface area contributed by atoms with Crippen LogP contribution in [0.2, 0.25) is 0 Å². The minimum absolute atomic E-state index is 0.0204. The number of hydrogen-bond acceptors (Lipinski definition) is 5. The molecule has 0 bridgehead atoms. The topological polar surface area (TPSA) is 19.6 Å². The molecular weight excluding hydrogens is 840 g/mol. The van der Waals surface area contributed by atoms with E-state index in [2.05, 4.69) is 219 Å². The zero-order valence-corrected chi connectivity index (χ0v) is 41.1. The molecule has 6 heteroatoms. The van der Waals surface area contributed by atoms with E-state index in [1.807, 2.05) is 22.7 Å². The number of thiophene rings is 2. The largest absolute Gasteiger partial charge is 0.440 e. The van der Waals surface area contributed by atoms with Gasteiger partial charge in [0, 0.05) is 47.1 Å². The van der Waals surface area contributed by atoms with Crippen molar-refractivity contribution >= 4 is 111 Å². The van der Waals surface area contributed by atoms with E-state index in [1.54, 1.807) is 0 Å². The fourth-order valence-corrected chi connectivity index (χ4v) is 13.1. The molecule has 0 atom stereocenters. The third kappa shape index (κ3) is 6.28. The molecule has 0 spiro atoms. The lowest BCUT2D eigenvalue weighted by molar-refractivity contribution is 0.589. The minimum atomic E-state index is -0.0745. The molecule has 12 rings (SSSR count). The van der Waals surface area contributed by atoms with Gasteiger partial charge in [0.25, 0.3) is 6.71 Å². The van der Waals surface area contributed by atoms with Crippen molar-refractivity contribution in [1.29, 1.82) is 0 Å². The average molecular weight is 893 g/mol. The molecule has 0 radical (unpaired) electrons.